The Hall–Kier alpha value is -2.27. The first kappa shape index (κ1) is 31.5. The molecule has 0 spiro atoms. The summed E-state index contributed by atoms with van der Waals surface area (Å²) in [7, 11) is 3.53. The van der Waals surface area contributed by atoms with Crippen molar-refractivity contribution in [3.8, 4) is 12.8 Å². The normalized spacial score (nSPS) is 9.00. The van der Waals surface area contributed by atoms with E-state index >= 15 is 0 Å². The molecule has 0 bridgehead atoms. The third kappa shape index (κ3) is 14.1. The fourth-order valence-electron chi connectivity index (χ4n) is 1.69. The number of nitrogens with zero attached hydrogens (tertiary/aromatic N) is 1. The number of allylic oxidation sites excluding steroid dienone is 4. The van der Waals surface area contributed by atoms with Crippen LogP contribution in [-0.4, -0.2) is 24.9 Å². The van der Waals surface area contributed by atoms with Crippen LogP contribution in [0.3, 0.4) is 0 Å². The number of carbonyl (C=O) groups is 1. The molecule has 0 radical (unpaired) electrons. The minimum atomic E-state index is 0.0341. The number of terminal acetylenes is 1. The zero-order chi connectivity index (χ0) is 21.5. The van der Waals surface area contributed by atoms with Gasteiger partial charge in [0.25, 0.3) is 5.91 Å². The first-order chi connectivity index (χ1) is 12.6. The van der Waals surface area contributed by atoms with Gasteiger partial charge in [0.15, 0.2) is 0 Å². The number of hydrogen-bond acceptors (Lipinski definition) is 1. The average Bonchev–Trinajstić information content (AvgIpc) is 2.74. The first-order valence-electron chi connectivity index (χ1n) is 9.58. The van der Waals surface area contributed by atoms with Crippen LogP contribution in [0.4, 0.5) is 0 Å². The summed E-state index contributed by atoms with van der Waals surface area (Å²) in [4.78, 5) is 13.5. The number of hydrogen-bond donors (Lipinski definition) is 0. The van der Waals surface area contributed by atoms with Crippen LogP contribution in [0.2, 0.25) is 0 Å². The van der Waals surface area contributed by atoms with Gasteiger partial charge in [0.05, 0.1) is 0 Å². The Morgan fingerprint density at radius 3 is 1.85 bits per heavy atom. The van der Waals surface area contributed by atoms with Crippen LogP contribution in [0, 0.1) is 12.8 Å². The first-order valence-corrected chi connectivity index (χ1v) is 9.58. The lowest BCUT2D eigenvalue weighted by atomic mass is 10.0. The van der Waals surface area contributed by atoms with Crippen LogP contribution in [0.15, 0.2) is 42.5 Å². The molecule has 1 aromatic rings. The molecule has 26 heavy (non-hydrogen) atoms. The van der Waals surface area contributed by atoms with E-state index in [2.05, 4.69) is 38.0 Å². The van der Waals surface area contributed by atoms with Gasteiger partial charge in [0.1, 0.15) is 0 Å². The summed E-state index contributed by atoms with van der Waals surface area (Å²) in [6.07, 6.45) is 15.3. The fraction of sp³-hybridized carbons (Fsp3) is 0.458. The van der Waals surface area contributed by atoms with E-state index in [-0.39, 0.29) is 5.91 Å². The third-order valence-corrected chi connectivity index (χ3v) is 2.69. The van der Waals surface area contributed by atoms with Crippen LogP contribution in [0.25, 0.3) is 5.57 Å². The molecular weight excluding hydrogens is 318 g/mol. The molecular formula is C24H41NO. The SMILES string of the molecule is C#C.C/C=C(\C=C/CC)c1cccc(C(=O)N(C)C)c1.CC.CC.CC. The van der Waals surface area contributed by atoms with Gasteiger partial charge in [-0.05, 0) is 36.6 Å². The maximum Gasteiger partial charge on any atom is 0.253 e. The van der Waals surface area contributed by atoms with Crippen molar-refractivity contribution in [1.29, 1.82) is 0 Å². The van der Waals surface area contributed by atoms with Gasteiger partial charge in [-0.15, -0.1) is 12.8 Å². The summed E-state index contributed by atoms with van der Waals surface area (Å²) in [5, 5.41) is 0. The van der Waals surface area contributed by atoms with E-state index in [9.17, 15) is 4.79 Å². The predicted octanol–water partition coefficient (Wildman–Crippen LogP) is 7.09. The van der Waals surface area contributed by atoms with Gasteiger partial charge in [-0.2, -0.15) is 0 Å². The zero-order valence-corrected chi connectivity index (χ0v) is 18.8. The lowest BCUT2D eigenvalue weighted by molar-refractivity contribution is 0.0827. The molecule has 0 unspecified atom stereocenters. The minimum Gasteiger partial charge on any atom is -0.345 e. The third-order valence-electron chi connectivity index (χ3n) is 2.69. The van der Waals surface area contributed by atoms with E-state index in [0.29, 0.717) is 0 Å². The number of carbonyl (C=O) groups excluding carboxylic acids is 1. The van der Waals surface area contributed by atoms with E-state index < -0.39 is 0 Å². The van der Waals surface area contributed by atoms with E-state index in [1.807, 2.05) is 72.7 Å². The highest BCUT2D eigenvalue weighted by atomic mass is 16.2. The Balaban J connectivity index is -0.000000266. The van der Waals surface area contributed by atoms with Crippen molar-refractivity contribution in [2.75, 3.05) is 14.1 Å². The molecule has 1 amide bonds. The predicted molar refractivity (Wildman–Crippen MR) is 121 cm³/mol. The van der Waals surface area contributed by atoms with E-state index in [1.165, 1.54) is 0 Å². The van der Waals surface area contributed by atoms with Crippen LogP contribution >= 0.6 is 0 Å². The second-order valence-corrected chi connectivity index (χ2v) is 4.34. The molecule has 0 saturated carbocycles. The lowest BCUT2D eigenvalue weighted by Crippen LogP contribution is -2.21. The molecule has 0 aliphatic rings. The Kier molecular flexibility index (Phi) is 30.3. The molecule has 0 aliphatic carbocycles. The fourth-order valence-corrected chi connectivity index (χ4v) is 1.69. The summed E-state index contributed by atoms with van der Waals surface area (Å²) in [5.41, 5.74) is 2.95. The van der Waals surface area contributed by atoms with Crippen LogP contribution in [-0.2, 0) is 0 Å². The summed E-state index contributed by atoms with van der Waals surface area (Å²) < 4.78 is 0. The van der Waals surface area contributed by atoms with Crippen molar-refractivity contribution < 1.29 is 4.79 Å². The van der Waals surface area contributed by atoms with Crippen molar-refractivity contribution in [1.82, 2.24) is 4.90 Å². The molecule has 1 rings (SSSR count). The Morgan fingerprint density at radius 2 is 1.46 bits per heavy atom. The van der Waals surface area contributed by atoms with Gasteiger partial charge in [-0.25, -0.2) is 0 Å². The number of amides is 1. The Bertz CT molecular complexity index is 508. The molecule has 2 nitrogen and oxygen atoms in total. The molecule has 0 N–H and O–H groups in total. The summed E-state index contributed by atoms with van der Waals surface area (Å²) in [5.74, 6) is 0.0341. The Morgan fingerprint density at radius 1 is 1.00 bits per heavy atom. The van der Waals surface area contributed by atoms with Crippen molar-refractivity contribution >= 4 is 11.5 Å². The van der Waals surface area contributed by atoms with Gasteiger partial charge >= 0.3 is 0 Å². The zero-order valence-electron chi connectivity index (χ0n) is 18.8. The number of benzene rings is 1. The minimum absolute atomic E-state index is 0.0341. The second-order valence-electron chi connectivity index (χ2n) is 4.34. The summed E-state index contributed by atoms with van der Waals surface area (Å²) in [6.45, 7) is 16.1. The highest BCUT2D eigenvalue weighted by Gasteiger charge is 2.08. The van der Waals surface area contributed by atoms with Crippen LogP contribution in [0.5, 0.6) is 0 Å². The quantitative estimate of drug-likeness (QED) is 0.415. The van der Waals surface area contributed by atoms with Crippen LogP contribution in [0.1, 0.15) is 77.7 Å². The average molecular weight is 360 g/mol. The van der Waals surface area contributed by atoms with Gasteiger partial charge < -0.3 is 4.90 Å². The number of rotatable bonds is 4. The largest absolute Gasteiger partial charge is 0.345 e. The highest BCUT2D eigenvalue weighted by molar-refractivity contribution is 5.95. The van der Waals surface area contributed by atoms with Crippen LogP contribution < -0.4 is 0 Å². The lowest BCUT2D eigenvalue weighted by Gasteiger charge is -2.11. The molecule has 0 atom stereocenters. The molecule has 0 fully saturated rings. The van der Waals surface area contributed by atoms with E-state index in [4.69, 9.17) is 0 Å². The van der Waals surface area contributed by atoms with E-state index in [1.54, 1.807) is 19.0 Å². The second kappa shape index (κ2) is 25.0. The monoisotopic (exact) mass is 359 g/mol. The molecule has 0 heterocycles. The van der Waals surface area contributed by atoms with Gasteiger partial charge in [0, 0.05) is 19.7 Å². The highest BCUT2D eigenvalue weighted by Crippen LogP contribution is 2.18. The van der Waals surface area contributed by atoms with Crippen molar-refractivity contribution in [2.45, 2.75) is 61.8 Å². The molecule has 148 valence electrons. The topological polar surface area (TPSA) is 20.3 Å². The molecule has 0 saturated heterocycles. The summed E-state index contributed by atoms with van der Waals surface area (Å²) >= 11 is 0. The Labute approximate surface area is 164 Å². The molecule has 1 aromatic carbocycles. The van der Waals surface area contributed by atoms with Gasteiger partial charge in [0.2, 0.25) is 0 Å². The standard InChI is InChI=1S/C16H21NO.3C2H6.C2H2/c1-5-7-9-13(6-2)14-10-8-11-15(12-14)16(18)17(3)4;4*1-2/h6-12H,5H2,1-4H3;3*1-2H3;1-2H/b9-7-,13-6+;;;;. The molecule has 2 heteroatoms. The van der Waals surface area contributed by atoms with Crippen molar-refractivity contribution in [2.24, 2.45) is 0 Å². The van der Waals surface area contributed by atoms with Gasteiger partial charge in [-0.1, -0.05) is 78.8 Å². The molecule has 0 aromatic heterocycles. The van der Waals surface area contributed by atoms with Crippen molar-refractivity contribution in [3.05, 3.63) is 53.6 Å². The molecule has 0 aliphatic heterocycles. The van der Waals surface area contributed by atoms with Gasteiger partial charge in [-0.3, -0.25) is 4.79 Å². The maximum absolute atomic E-state index is 11.9. The maximum atomic E-state index is 11.9. The van der Waals surface area contributed by atoms with E-state index in [0.717, 1.165) is 23.1 Å². The summed E-state index contributed by atoms with van der Waals surface area (Å²) in [6, 6.07) is 7.75. The van der Waals surface area contributed by atoms with Crippen molar-refractivity contribution in [3.63, 3.8) is 0 Å². The smallest absolute Gasteiger partial charge is 0.253 e.